The van der Waals surface area contributed by atoms with E-state index in [1.165, 1.54) is 18.4 Å². The third-order valence-corrected chi connectivity index (χ3v) is 4.58. The topological polar surface area (TPSA) is 66.1 Å². The van der Waals surface area contributed by atoms with Crippen molar-refractivity contribution in [1.29, 1.82) is 0 Å². The molecule has 3 rings (SSSR count). The Labute approximate surface area is 130 Å². The number of aryl methyl sites for hydroxylation is 2. The Morgan fingerprint density at radius 1 is 1.41 bits per heavy atom. The Kier molecular flexibility index (Phi) is 3.58. The second-order valence-corrected chi connectivity index (χ2v) is 6.34. The van der Waals surface area contributed by atoms with Crippen LogP contribution in [0.25, 0.3) is 10.9 Å². The summed E-state index contributed by atoms with van der Waals surface area (Å²) in [5.74, 6) is -0.358. The van der Waals surface area contributed by atoms with Gasteiger partial charge < -0.3 is 9.30 Å². The standard InChI is InChI=1S/C15H15N3O3S/c1-9-10(4-13(22-9)15(20)21-3)5-18-8-16-12-7-17(2)6-11(12)14(18)19/h4,6-8H,5H2,1-3H3. The highest BCUT2D eigenvalue weighted by atomic mass is 32.1. The molecule has 7 heteroatoms. The summed E-state index contributed by atoms with van der Waals surface area (Å²) in [6.07, 6.45) is 5.12. The summed E-state index contributed by atoms with van der Waals surface area (Å²) in [5, 5.41) is 0.589. The van der Waals surface area contributed by atoms with Crippen LogP contribution < -0.4 is 5.56 Å². The molecule has 0 radical (unpaired) electrons. The number of carbonyl (C=O) groups excluding carboxylic acids is 1. The van der Waals surface area contributed by atoms with Gasteiger partial charge in [0.25, 0.3) is 5.56 Å². The van der Waals surface area contributed by atoms with Crippen LogP contribution in [0.2, 0.25) is 0 Å². The van der Waals surface area contributed by atoms with E-state index >= 15 is 0 Å². The molecule has 0 atom stereocenters. The Hall–Kier alpha value is -2.41. The highest BCUT2D eigenvalue weighted by Gasteiger charge is 2.14. The molecule has 0 aliphatic rings. The van der Waals surface area contributed by atoms with Gasteiger partial charge in [-0.1, -0.05) is 0 Å². The van der Waals surface area contributed by atoms with E-state index in [9.17, 15) is 9.59 Å². The lowest BCUT2D eigenvalue weighted by atomic mass is 10.2. The number of hydrogen-bond acceptors (Lipinski definition) is 5. The molecule has 0 saturated carbocycles. The third-order valence-electron chi connectivity index (χ3n) is 3.51. The average molecular weight is 317 g/mol. The number of ether oxygens (including phenoxy) is 1. The summed E-state index contributed by atoms with van der Waals surface area (Å²) in [5.41, 5.74) is 1.52. The maximum atomic E-state index is 12.5. The van der Waals surface area contributed by atoms with Gasteiger partial charge in [-0.25, -0.2) is 9.78 Å². The Morgan fingerprint density at radius 2 is 2.18 bits per heavy atom. The smallest absolute Gasteiger partial charge is 0.348 e. The minimum atomic E-state index is -0.358. The van der Waals surface area contributed by atoms with Gasteiger partial charge in [-0.05, 0) is 18.6 Å². The maximum Gasteiger partial charge on any atom is 0.348 e. The van der Waals surface area contributed by atoms with E-state index in [2.05, 4.69) is 4.98 Å². The zero-order chi connectivity index (χ0) is 15.9. The van der Waals surface area contributed by atoms with Crippen LogP contribution in [0, 0.1) is 6.92 Å². The van der Waals surface area contributed by atoms with E-state index < -0.39 is 0 Å². The lowest BCUT2D eigenvalue weighted by molar-refractivity contribution is 0.0606. The van der Waals surface area contributed by atoms with Gasteiger partial charge in [0.2, 0.25) is 0 Å². The molecule has 0 aliphatic carbocycles. The highest BCUT2D eigenvalue weighted by Crippen LogP contribution is 2.23. The SMILES string of the molecule is COC(=O)c1cc(Cn2cnc3cn(C)cc3c2=O)c(C)s1. The van der Waals surface area contributed by atoms with Crippen LogP contribution in [0.5, 0.6) is 0 Å². The minimum Gasteiger partial charge on any atom is -0.465 e. The van der Waals surface area contributed by atoms with Crippen LogP contribution in [0.15, 0.2) is 29.6 Å². The van der Waals surface area contributed by atoms with E-state index in [1.807, 2.05) is 24.7 Å². The fraction of sp³-hybridized carbons (Fsp3) is 0.267. The monoisotopic (exact) mass is 317 g/mol. The molecule has 6 nitrogen and oxygen atoms in total. The lowest BCUT2D eigenvalue weighted by Gasteiger charge is -2.04. The minimum absolute atomic E-state index is 0.0872. The van der Waals surface area contributed by atoms with Crippen molar-refractivity contribution in [3.63, 3.8) is 0 Å². The third kappa shape index (κ3) is 2.43. The first-order chi connectivity index (χ1) is 10.5. The van der Waals surface area contributed by atoms with Crippen LogP contribution in [0.3, 0.4) is 0 Å². The molecule has 22 heavy (non-hydrogen) atoms. The van der Waals surface area contributed by atoms with Crippen LogP contribution in [0.1, 0.15) is 20.1 Å². The summed E-state index contributed by atoms with van der Waals surface area (Å²) < 4.78 is 8.09. The number of rotatable bonds is 3. The summed E-state index contributed by atoms with van der Waals surface area (Å²) in [6.45, 7) is 2.31. The Bertz CT molecular complexity index is 920. The summed E-state index contributed by atoms with van der Waals surface area (Å²) in [6, 6.07) is 1.77. The van der Waals surface area contributed by atoms with Crippen molar-refractivity contribution >= 4 is 28.2 Å². The summed E-state index contributed by atoms with van der Waals surface area (Å²) in [4.78, 5) is 29.9. The van der Waals surface area contributed by atoms with Crippen molar-refractivity contribution < 1.29 is 9.53 Å². The molecule has 0 saturated heterocycles. The zero-order valence-corrected chi connectivity index (χ0v) is 13.3. The molecule has 0 aromatic carbocycles. The molecule has 0 N–H and O–H groups in total. The van der Waals surface area contributed by atoms with Crippen LogP contribution in [0.4, 0.5) is 0 Å². The number of esters is 1. The second-order valence-electron chi connectivity index (χ2n) is 5.08. The molecule has 0 unspecified atom stereocenters. The van der Waals surface area contributed by atoms with Crippen molar-refractivity contribution in [2.24, 2.45) is 7.05 Å². The number of hydrogen-bond donors (Lipinski definition) is 0. The molecule has 0 amide bonds. The molecule has 3 aromatic rings. The van der Waals surface area contributed by atoms with Crippen molar-refractivity contribution in [1.82, 2.24) is 14.1 Å². The van der Waals surface area contributed by atoms with Gasteiger partial charge in [0.15, 0.2) is 0 Å². The van der Waals surface area contributed by atoms with Gasteiger partial charge in [-0.15, -0.1) is 11.3 Å². The maximum absolute atomic E-state index is 12.5. The number of methoxy groups -OCH3 is 1. The number of nitrogens with zero attached hydrogens (tertiary/aromatic N) is 3. The van der Waals surface area contributed by atoms with Gasteiger partial charge in [0.1, 0.15) is 4.88 Å². The van der Waals surface area contributed by atoms with Crippen molar-refractivity contribution in [3.8, 4) is 0 Å². The Morgan fingerprint density at radius 3 is 2.91 bits per heavy atom. The van der Waals surface area contributed by atoms with Gasteiger partial charge >= 0.3 is 5.97 Å². The number of thiophene rings is 1. The number of fused-ring (bicyclic) bond motifs is 1. The average Bonchev–Trinajstić information content (AvgIpc) is 3.05. The zero-order valence-electron chi connectivity index (χ0n) is 12.5. The normalized spacial score (nSPS) is 11.0. The molecule has 114 valence electrons. The lowest BCUT2D eigenvalue weighted by Crippen LogP contribution is -2.20. The first-order valence-electron chi connectivity index (χ1n) is 6.68. The predicted octanol–water partition coefficient (Wildman–Crippen LogP) is 1.94. The van der Waals surface area contributed by atoms with Crippen LogP contribution in [-0.4, -0.2) is 27.2 Å². The van der Waals surface area contributed by atoms with Gasteiger partial charge in [0, 0.05) is 24.3 Å². The molecular formula is C15H15N3O3S. The second kappa shape index (κ2) is 5.42. The van der Waals surface area contributed by atoms with Gasteiger partial charge in [-0.3, -0.25) is 9.36 Å². The fourth-order valence-corrected chi connectivity index (χ4v) is 3.30. The van der Waals surface area contributed by atoms with Gasteiger partial charge in [-0.2, -0.15) is 0 Å². The molecule has 0 fully saturated rings. The molecule has 0 spiro atoms. The fourth-order valence-electron chi connectivity index (χ4n) is 2.35. The van der Waals surface area contributed by atoms with E-state index in [0.29, 0.717) is 22.3 Å². The van der Waals surface area contributed by atoms with Crippen molar-refractivity contribution in [2.45, 2.75) is 13.5 Å². The predicted molar refractivity (Wildman–Crippen MR) is 84.5 cm³/mol. The number of aromatic nitrogens is 3. The van der Waals surface area contributed by atoms with Gasteiger partial charge in [0.05, 0.1) is 30.9 Å². The largest absolute Gasteiger partial charge is 0.465 e. The first-order valence-corrected chi connectivity index (χ1v) is 7.50. The van der Waals surface area contributed by atoms with E-state index in [-0.39, 0.29) is 11.5 Å². The molecule has 3 aromatic heterocycles. The first kappa shape index (κ1) is 14.5. The molecule has 3 heterocycles. The molecular weight excluding hydrogens is 302 g/mol. The van der Waals surface area contributed by atoms with Crippen LogP contribution in [-0.2, 0) is 18.3 Å². The molecule has 0 bridgehead atoms. The number of carbonyl (C=O) groups is 1. The van der Waals surface area contributed by atoms with E-state index in [0.717, 1.165) is 10.4 Å². The van der Waals surface area contributed by atoms with Crippen LogP contribution >= 0.6 is 11.3 Å². The Balaban J connectivity index is 2.00. The molecule has 0 aliphatic heterocycles. The summed E-state index contributed by atoms with van der Waals surface area (Å²) >= 11 is 1.37. The van der Waals surface area contributed by atoms with Crippen molar-refractivity contribution in [2.75, 3.05) is 7.11 Å². The highest BCUT2D eigenvalue weighted by molar-refractivity contribution is 7.14. The van der Waals surface area contributed by atoms with E-state index in [4.69, 9.17) is 4.74 Å². The summed E-state index contributed by atoms with van der Waals surface area (Å²) in [7, 11) is 3.21. The van der Waals surface area contributed by atoms with E-state index in [1.54, 1.807) is 23.2 Å². The van der Waals surface area contributed by atoms with Crippen molar-refractivity contribution in [3.05, 3.63) is 50.5 Å². The quantitative estimate of drug-likeness (QED) is 0.692.